The van der Waals surface area contributed by atoms with E-state index in [1.54, 1.807) is 6.20 Å². The molecule has 1 atom stereocenters. The predicted octanol–water partition coefficient (Wildman–Crippen LogP) is 2.20. The molecule has 2 saturated heterocycles. The van der Waals surface area contributed by atoms with E-state index in [2.05, 4.69) is 15.1 Å². The zero-order valence-corrected chi connectivity index (χ0v) is 14.4. The van der Waals surface area contributed by atoms with Crippen molar-refractivity contribution in [3.63, 3.8) is 0 Å². The highest BCUT2D eigenvalue weighted by atomic mass is 16.5. The van der Waals surface area contributed by atoms with Gasteiger partial charge in [-0.2, -0.15) is 5.10 Å². The fourth-order valence-electron chi connectivity index (χ4n) is 3.86. The Kier molecular flexibility index (Phi) is 4.55. The monoisotopic (exact) mass is 340 g/mol. The van der Waals surface area contributed by atoms with Crippen LogP contribution in [-0.2, 0) is 16.1 Å². The van der Waals surface area contributed by atoms with Crippen LogP contribution in [0.15, 0.2) is 42.6 Å². The number of likely N-dealkylation sites (tertiary alicyclic amines) is 1. The molecule has 1 spiro atoms. The molecule has 1 unspecified atom stereocenters. The van der Waals surface area contributed by atoms with Crippen molar-refractivity contribution >= 4 is 11.6 Å². The average Bonchev–Trinajstić information content (AvgIpc) is 3.08. The van der Waals surface area contributed by atoms with Gasteiger partial charge in [0.25, 0.3) is 5.91 Å². The third-order valence-corrected chi connectivity index (χ3v) is 5.26. The van der Waals surface area contributed by atoms with E-state index >= 15 is 0 Å². The lowest BCUT2D eigenvalue weighted by molar-refractivity contribution is -0.140. The second-order valence-corrected chi connectivity index (χ2v) is 7.00. The molecule has 2 fully saturated rings. The second-order valence-electron chi connectivity index (χ2n) is 7.00. The summed E-state index contributed by atoms with van der Waals surface area (Å²) in [6, 6.07) is 11.9. The van der Waals surface area contributed by atoms with Gasteiger partial charge in [-0.05, 0) is 44.0 Å². The van der Waals surface area contributed by atoms with Crippen LogP contribution in [-0.4, -0.2) is 52.8 Å². The van der Waals surface area contributed by atoms with Crippen LogP contribution < -0.4 is 4.90 Å². The molecule has 1 aromatic heterocycles. The van der Waals surface area contributed by atoms with Gasteiger partial charge in [0.15, 0.2) is 0 Å². The molecule has 25 heavy (non-hydrogen) atoms. The van der Waals surface area contributed by atoms with Crippen LogP contribution in [0.2, 0.25) is 0 Å². The molecular formula is C19H24N4O2. The molecule has 2 aromatic rings. The fraction of sp³-hybridized carbons (Fsp3) is 0.474. The van der Waals surface area contributed by atoms with E-state index in [1.165, 1.54) is 0 Å². The number of benzene rings is 1. The van der Waals surface area contributed by atoms with Crippen LogP contribution in [0, 0.1) is 0 Å². The van der Waals surface area contributed by atoms with Crippen molar-refractivity contribution in [2.24, 2.45) is 0 Å². The molecule has 4 rings (SSSR count). The Balaban J connectivity index is 1.45. The minimum atomic E-state index is -0.230. The first-order valence-corrected chi connectivity index (χ1v) is 8.94. The summed E-state index contributed by atoms with van der Waals surface area (Å²) in [6.07, 6.45) is 4.80. The number of aromatic nitrogens is 2. The molecule has 0 aliphatic carbocycles. The van der Waals surface area contributed by atoms with E-state index in [1.807, 2.05) is 41.3 Å². The summed E-state index contributed by atoms with van der Waals surface area (Å²) in [7, 11) is 0. The highest BCUT2D eigenvalue weighted by Gasteiger charge is 2.41. The molecule has 0 bridgehead atoms. The maximum Gasteiger partial charge on any atom is 0.253 e. The lowest BCUT2D eigenvalue weighted by Crippen LogP contribution is -2.55. The summed E-state index contributed by atoms with van der Waals surface area (Å²) in [5, 5.41) is 7.06. The number of carbonyl (C=O) groups is 1. The Morgan fingerprint density at radius 3 is 2.84 bits per heavy atom. The minimum absolute atomic E-state index is 0.0513. The number of H-pyrrole nitrogens is 1. The van der Waals surface area contributed by atoms with Crippen molar-refractivity contribution in [3.8, 4) is 0 Å². The SMILES string of the molecule is O=C1COC2(CCCN(Cc3ccn[nH]3)CC2)CN1c1ccccc1. The lowest BCUT2D eigenvalue weighted by Gasteiger charge is -2.42. The normalized spacial score (nSPS) is 25.3. The Bertz CT molecular complexity index is 703. The van der Waals surface area contributed by atoms with Gasteiger partial charge in [0.05, 0.1) is 12.1 Å². The number of nitrogens with zero attached hydrogens (tertiary/aromatic N) is 3. The molecule has 1 N–H and O–H groups in total. The Morgan fingerprint density at radius 2 is 2.04 bits per heavy atom. The molecule has 0 saturated carbocycles. The maximum atomic E-state index is 12.4. The first-order chi connectivity index (χ1) is 12.2. The zero-order chi connectivity index (χ0) is 17.1. The minimum Gasteiger partial charge on any atom is -0.363 e. The highest BCUT2D eigenvalue weighted by molar-refractivity contribution is 5.95. The molecule has 1 aromatic carbocycles. The van der Waals surface area contributed by atoms with Gasteiger partial charge in [0.1, 0.15) is 6.61 Å². The summed E-state index contributed by atoms with van der Waals surface area (Å²) in [6.45, 7) is 3.72. The quantitative estimate of drug-likeness (QED) is 0.930. The molecule has 6 nitrogen and oxygen atoms in total. The first kappa shape index (κ1) is 16.3. The van der Waals surface area contributed by atoms with Crippen LogP contribution in [0.25, 0.3) is 0 Å². The lowest BCUT2D eigenvalue weighted by atomic mass is 9.92. The number of nitrogens with one attached hydrogen (secondary N) is 1. The Labute approximate surface area is 147 Å². The van der Waals surface area contributed by atoms with E-state index in [-0.39, 0.29) is 18.1 Å². The zero-order valence-electron chi connectivity index (χ0n) is 14.4. The smallest absolute Gasteiger partial charge is 0.253 e. The van der Waals surface area contributed by atoms with E-state index in [0.717, 1.165) is 50.3 Å². The molecular weight excluding hydrogens is 316 g/mol. The van der Waals surface area contributed by atoms with E-state index in [4.69, 9.17) is 4.74 Å². The Hall–Kier alpha value is -2.18. The summed E-state index contributed by atoms with van der Waals surface area (Å²) in [5.41, 5.74) is 1.88. The topological polar surface area (TPSA) is 61.5 Å². The van der Waals surface area contributed by atoms with E-state index < -0.39 is 0 Å². The molecule has 1 amide bonds. The van der Waals surface area contributed by atoms with Crippen molar-refractivity contribution in [1.29, 1.82) is 0 Å². The van der Waals surface area contributed by atoms with Crippen molar-refractivity contribution in [1.82, 2.24) is 15.1 Å². The van der Waals surface area contributed by atoms with E-state index in [0.29, 0.717) is 6.54 Å². The molecule has 2 aliphatic heterocycles. The van der Waals surface area contributed by atoms with Crippen LogP contribution in [0.4, 0.5) is 5.69 Å². The third kappa shape index (κ3) is 3.60. The van der Waals surface area contributed by atoms with Crippen molar-refractivity contribution in [2.75, 3.05) is 31.1 Å². The van der Waals surface area contributed by atoms with Gasteiger partial charge >= 0.3 is 0 Å². The maximum absolute atomic E-state index is 12.4. The van der Waals surface area contributed by atoms with Crippen LogP contribution in [0.1, 0.15) is 25.0 Å². The predicted molar refractivity (Wildman–Crippen MR) is 95.2 cm³/mol. The molecule has 6 heteroatoms. The van der Waals surface area contributed by atoms with Gasteiger partial charge in [-0.15, -0.1) is 0 Å². The number of para-hydroxylation sites is 1. The third-order valence-electron chi connectivity index (χ3n) is 5.26. The van der Waals surface area contributed by atoms with Crippen molar-refractivity contribution < 1.29 is 9.53 Å². The van der Waals surface area contributed by atoms with Gasteiger partial charge in [-0.3, -0.25) is 14.8 Å². The number of anilines is 1. The summed E-state index contributed by atoms with van der Waals surface area (Å²) in [4.78, 5) is 16.7. The average molecular weight is 340 g/mol. The standard InChI is InChI=1S/C19H24N4O2/c24-18-14-25-19(15-23(18)17-5-2-1-3-6-17)8-4-11-22(12-9-19)13-16-7-10-20-21-16/h1-3,5-7,10H,4,8-9,11-15H2,(H,20,21). The van der Waals surface area contributed by atoms with Crippen LogP contribution in [0.5, 0.6) is 0 Å². The summed E-state index contributed by atoms with van der Waals surface area (Å²) in [5.74, 6) is 0.0513. The molecule has 2 aliphatic rings. The van der Waals surface area contributed by atoms with E-state index in [9.17, 15) is 4.79 Å². The van der Waals surface area contributed by atoms with Gasteiger partial charge in [0.2, 0.25) is 0 Å². The van der Waals surface area contributed by atoms with Gasteiger partial charge < -0.3 is 9.64 Å². The number of carbonyl (C=O) groups excluding carboxylic acids is 1. The largest absolute Gasteiger partial charge is 0.363 e. The molecule has 0 radical (unpaired) electrons. The summed E-state index contributed by atoms with van der Waals surface area (Å²) < 4.78 is 6.10. The molecule has 3 heterocycles. The fourth-order valence-corrected chi connectivity index (χ4v) is 3.86. The van der Waals surface area contributed by atoms with Crippen molar-refractivity contribution in [2.45, 2.75) is 31.4 Å². The van der Waals surface area contributed by atoms with Gasteiger partial charge in [-0.25, -0.2) is 0 Å². The number of hydrogen-bond donors (Lipinski definition) is 1. The number of aromatic amines is 1. The number of morpholine rings is 1. The van der Waals surface area contributed by atoms with Gasteiger partial charge in [-0.1, -0.05) is 18.2 Å². The first-order valence-electron chi connectivity index (χ1n) is 8.94. The van der Waals surface area contributed by atoms with Crippen molar-refractivity contribution in [3.05, 3.63) is 48.3 Å². The molecule has 132 valence electrons. The van der Waals surface area contributed by atoms with Crippen LogP contribution >= 0.6 is 0 Å². The number of hydrogen-bond acceptors (Lipinski definition) is 4. The highest BCUT2D eigenvalue weighted by Crippen LogP contribution is 2.33. The van der Waals surface area contributed by atoms with Gasteiger partial charge in [0, 0.05) is 30.7 Å². The number of amides is 1. The van der Waals surface area contributed by atoms with Crippen LogP contribution in [0.3, 0.4) is 0 Å². The summed E-state index contributed by atoms with van der Waals surface area (Å²) >= 11 is 0. The number of ether oxygens (including phenoxy) is 1. The second kappa shape index (κ2) is 6.98. The Morgan fingerprint density at radius 1 is 1.16 bits per heavy atom. The number of rotatable bonds is 3.